The lowest BCUT2D eigenvalue weighted by Gasteiger charge is -2.26. The first-order valence-electron chi connectivity index (χ1n) is 6.35. The molecule has 3 N–H and O–H groups in total. The zero-order valence-corrected chi connectivity index (χ0v) is 13.0. The molecule has 0 bridgehead atoms. The van der Waals surface area contributed by atoms with E-state index >= 15 is 0 Å². The summed E-state index contributed by atoms with van der Waals surface area (Å²) in [5, 5.41) is 16.2. The van der Waals surface area contributed by atoms with Crippen LogP contribution in [0.25, 0.3) is 0 Å². The molecule has 1 aromatic heterocycles. The normalized spacial score (nSPS) is 14.8. The van der Waals surface area contributed by atoms with Gasteiger partial charge in [-0.1, -0.05) is 20.8 Å². The van der Waals surface area contributed by atoms with E-state index in [4.69, 9.17) is 0 Å². The second-order valence-corrected chi connectivity index (χ2v) is 7.03. The maximum absolute atomic E-state index is 11.7. The van der Waals surface area contributed by atoms with Crippen molar-refractivity contribution in [3.63, 3.8) is 0 Å². The van der Waals surface area contributed by atoms with Crippen LogP contribution in [0.2, 0.25) is 0 Å². The number of aliphatic hydroxyl groups excluding tert-OH is 1. The van der Waals surface area contributed by atoms with Gasteiger partial charge in [0.1, 0.15) is 5.01 Å². The number of aliphatic hydroxyl groups is 1. The van der Waals surface area contributed by atoms with Gasteiger partial charge in [0.25, 0.3) is 0 Å². The molecule has 108 valence electrons. The number of rotatable bonds is 4. The third-order valence-electron chi connectivity index (χ3n) is 2.81. The average Bonchev–Trinajstić information content (AvgIpc) is 2.71. The molecule has 0 saturated carbocycles. The van der Waals surface area contributed by atoms with Gasteiger partial charge in [-0.25, -0.2) is 9.78 Å². The summed E-state index contributed by atoms with van der Waals surface area (Å²) in [4.78, 5) is 17.1. The molecule has 0 radical (unpaired) electrons. The Morgan fingerprint density at radius 1 is 1.53 bits per heavy atom. The number of thiazole rings is 1. The molecule has 0 saturated heterocycles. The SMILES string of the molecule is Cc1cnc(C(C)NC(=O)NCC(O)C(C)(C)C)s1. The van der Waals surface area contributed by atoms with Crippen molar-refractivity contribution in [2.45, 2.75) is 46.8 Å². The third kappa shape index (κ3) is 5.16. The standard InChI is InChI=1S/C13H23N3O2S/c1-8-6-14-11(19-8)9(2)16-12(18)15-7-10(17)13(3,4)5/h6,9-10,17H,7H2,1-5H3,(H2,15,16,18). The highest BCUT2D eigenvalue weighted by Gasteiger charge is 2.22. The topological polar surface area (TPSA) is 74.2 Å². The van der Waals surface area contributed by atoms with E-state index < -0.39 is 6.10 Å². The van der Waals surface area contributed by atoms with Crippen LogP contribution in [0.1, 0.15) is 43.6 Å². The zero-order chi connectivity index (χ0) is 14.6. The van der Waals surface area contributed by atoms with Crippen LogP contribution < -0.4 is 10.6 Å². The summed E-state index contributed by atoms with van der Waals surface area (Å²) in [5.74, 6) is 0. The molecule has 5 nitrogen and oxygen atoms in total. The number of hydrogen-bond acceptors (Lipinski definition) is 4. The van der Waals surface area contributed by atoms with E-state index in [-0.39, 0.29) is 24.0 Å². The summed E-state index contributed by atoms with van der Waals surface area (Å²) >= 11 is 1.56. The van der Waals surface area contributed by atoms with Gasteiger partial charge in [-0.2, -0.15) is 0 Å². The highest BCUT2D eigenvalue weighted by atomic mass is 32.1. The maximum Gasteiger partial charge on any atom is 0.315 e. The van der Waals surface area contributed by atoms with Crippen molar-refractivity contribution >= 4 is 17.4 Å². The predicted octanol–water partition coefficient (Wildman–Crippen LogP) is 2.22. The number of carbonyl (C=O) groups is 1. The van der Waals surface area contributed by atoms with Crippen molar-refractivity contribution in [2.24, 2.45) is 5.41 Å². The molecule has 0 aliphatic rings. The van der Waals surface area contributed by atoms with Gasteiger partial charge in [0, 0.05) is 17.6 Å². The van der Waals surface area contributed by atoms with E-state index in [1.54, 1.807) is 17.5 Å². The Morgan fingerprint density at radius 3 is 2.63 bits per heavy atom. The molecule has 2 amide bonds. The van der Waals surface area contributed by atoms with Crippen molar-refractivity contribution in [3.8, 4) is 0 Å². The van der Waals surface area contributed by atoms with Crippen LogP contribution in [0.3, 0.4) is 0 Å². The lowest BCUT2D eigenvalue weighted by Crippen LogP contribution is -2.44. The summed E-state index contributed by atoms with van der Waals surface area (Å²) in [7, 11) is 0. The van der Waals surface area contributed by atoms with Crippen LogP contribution >= 0.6 is 11.3 Å². The monoisotopic (exact) mass is 285 g/mol. The van der Waals surface area contributed by atoms with Crippen molar-refractivity contribution in [1.82, 2.24) is 15.6 Å². The summed E-state index contributed by atoms with van der Waals surface area (Å²) in [6, 6.07) is -0.422. The molecule has 6 heteroatoms. The lowest BCUT2D eigenvalue weighted by molar-refractivity contribution is 0.0649. The molecule has 0 aliphatic carbocycles. The molecule has 2 atom stereocenters. The second-order valence-electron chi connectivity index (χ2n) is 5.77. The fourth-order valence-electron chi connectivity index (χ4n) is 1.38. The smallest absolute Gasteiger partial charge is 0.315 e. The number of aryl methyl sites for hydroxylation is 1. The van der Waals surface area contributed by atoms with E-state index in [0.717, 1.165) is 9.88 Å². The largest absolute Gasteiger partial charge is 0.391 e. The van der Waals surface area contributed by atoms with E-state index in [0.29, 0.717) is 0 Å². The number of nitrogens with zero attached hydrogens (tertiary/aromatic N) is 1. The molecule has 1 aromatic rings. The van der Waals surface area contributed by atoms with Crippen LogP contribution in [-0.2, 0) is 0 Å². The molecular formula is C13H23N3O2S. The predicted molar refractivity (Wildman–Crippen MR) is 77.3 cm³/mol. The van der Waals surface area contributed by atoms with E-state index in [1.165, 1.54) is 0 Å². The summed E-state index contributed by atoms with van der Waals surface area (Å²) < 4.78 is 0. The first-order chi connectivity index (χ1) is 8.70. The highest BCUT2D eigenvalue weighted by molar-refractivity contribution is 7.11. The average molecular weight is 285 g/mol. The summed E-state index contributed by atoms with van der Waals surface area (Å²) in [6.07, 6.45) is 1.22. The Kier molecular flexibility index (Phi) is 5.31. The van der Waals surface area contributed by atoms with Gasteiger partial charge in [0.05, 0.1) is 12.1 Å². The van der Waals surface area contributed by atoms with Crippen molar-refractivity contribution in [2.75, 3.05) is 6.54 Å². The number of amides is 2. The van der Waals surface area contributed by atoms with Crippen LogP contribution in [0.4, 0.5) is 4.79 Å². The Morgan fingerprint density at radius 2 is 2.16 bits per heavy atom. The van der Waals surface area contributed by atoms with Crippen molar-refractivity contribution in [3.05, 3.63) is 16.1 Å². The van der Waals surface area contributed by atoms with Crippen molar-refractivity contribution < 1.29 is 9.90 Å². The number of urea groups is 1. The molecule has 0 aromatic carbocycles. The van der Waals surface area contributed by atoms with Gasteiger partial charge in [-0.15, -0.1) is 11.3 Å². The van der Waals surface area contributed by atoms with E-state index in [9.17, 15) is 9.90 Å². The first kappa shape index (κ1) is 15.9. The number of carbonyl (C=O) groups excluding carboxylic acids is 1. The number of hydrogen-bond donors (Lipinski definition) is 3. The first-order valence-corrected chi connectivity index (χ1v) is 7.16. The molecule has 0 spiro atoms. The minimum absolute atomic E-state index is 0.134. The van der Waals surface area contributed by atoms with Crippen LogP contribution in [0, 0.1) is 12.3 Å². The van der Waals surface area contributed by atoms with Gasteiger partial charge in [0.2, 0.25) is 0 Å². The maximum atomic E-state index is 11.7. The minimum Gasteiger partial charge on any atom is -0.391 e. The van der Waals surface area contributed by atoms with E-state index in [1.807, 2.05) is 34.6 Å². The number of nitrogens with one attached hydrogen (secondary N) is 2. The van der Waals surface area contributed by atoms with Crippen LogP contribution in [0.5, 0.6) is 0 Å². The fourth-order valence-corrected chi connectivity index (χ4v) is 2.15. The molecule has 0 aliphatic heterocycles. The molecule has 2 unspecified atom stereocenters. The van der Waals surface area contributed by atoms with E-state index in [2.05, 4.69) is 15.6 Å². The Labute approximate surface area is 118 Å². The molecule has 1 rings (SSSR count). The summed E-state index contributed by atoms with van der Waals surface area (Å²) in [5.41, 5.74) is -0.245. The quantitative estimate of drug-likeness (QED) is 0.794. The second kappa shape index (κ2) is 6.34. The van der Waals surface area contributed by atoms with Crippen LogP contribution in [-0.4, -0.2) is 28.8 Å². The Bertz CT molecular complexity index is 426. The molecule has 0 fully saturated rings. The minimum atomic E-state index is -0.573. The molecule has 19 heavy (non-hydrogen) atoms. The van der Waals surface area contributed by atoms with Crippen LogP contribution in [0.15, 0.2) is 6.20 Å². The number of aromatic nitrogens is 1. The van der Waals surface area contributed by atoms with Gasteiger partial charge < -0.3 is 15.7 Å². The van der Waals surface area contributed by atoms with Gasteiger partial charge >= 0.3 is 6.03 Å². The lowest BCUT2D eigenvalue weighted by atomic mass is 9.89. The fraction of sp³-hybridized carbons (Fsp3) is 0.692. The van der Waals surface area contributed by atoms with Crippen molar-refractivity contribution in [1.29, 1.82) is 0 Å². The molecular weight excluding hydrogens is 262 g/mol. The highest BCUT2D eigenvalue weighted by Crippen LogP contribution is 2.19. The summed E-state index contributed by atoms with van der Waals surface area (Å²) in [6.45, 7) is 9.89. The van der Waals surface area contributed by atoms with Gasteiger partial charge in [-0.3, -0.25) is 0 Å². The Hall–Kier alpha value is -1.14. The zero-order valence-electron chi connectivity index (χ0n) is 12.2. The third-order valence-corrected chi connectivity index (χ3v) is 3.91. The van der Waals surface area contributed by atoms with Gasteiger partial charge in [0.15, 0.2) is 0 Å². The molecule has 1 heterocycles. The Balaban J connectivity index is 2.39. The van der Waals surface area contributed by atoms with Gasteiger partial charge in [-0.05, 0) is 19.3 Å².